The summed E-state index contributed by atoms with van der Waals surface area (Å²) < 4.78 is 10.6. The van der Waals surface area contributed by atoms with E-state index in [1.165, 1.54) is 0 Å². The fourth-order valence-corrected chi connectivity index (χ4v) is 2.30. The van der Waals surface area contributed by atoms with E-state index in [9.17, 15) is 4.79 Å². The third-order valence-electron chi connectivity index (χ3n) is 2.84. The number of halogens is 1. The molecule has 0 saturated heterocycles. The van der Waals surface area contributed by atoms with Crippen LogP contribution < -0.4 is 5.63 Å². The number of furan rings is 1. The van der Waals surface area contributed by atoms with Crippen LogP contribution >= 0.6 is 15.9 Å². The van der Waals surface area contributed by atoms with Crippen molar-refractivity contribution in [2.45, 2.75) is 12.3 Å². The molecule has 4 heteroatoms. The van der Waals surface area contributed by atoms with Gasteiger partial charge in [0.2, 0.25) is 0 Å². The minimum atomic E-state index is -0.308. The molecular weight excluding hydrogens is 284 g/mol. The van der Waals surface area contributed by atoms with Crippen molar-refractivity contribution in [1.29, 1.82) is 0 Å². The molecule has 0 aliphatic heterocycles. The number of aryl methyl sites for hydroxylation is 1. The molecule has 2 aromatic heterocycles. The second-order valence-corrected chi connectivity index (χ2v) is 4.56. The molecule has 3 aromatic rings. The quantitative estimate of drug-likeness (QED) is 0.507. The molecule has 0 saturated carbocycles. The summed E-state index contributed by atoms with van der Waals surface area (Å²) >= 11 is 3.27. The predicted molar refractivity (Wildman–Crippen MR) is 69.6 cm³/mol. The Hall–Kier alpha value is -1.55. The highest BCUT2D eigenvalue weighted by atomic mass is 79.9. The van der Waals surface area contributed by atoms with Gasteiger partial charge in [0, 0.05) is 27.7 Å². The van der Waals surface area contributed by atoms with E-state index in [-0.39, 0.29) is 5.63 Å². The van der Waals surface area contributed by atoms with Gasteiger partial charge in [-0.25, -0.2) is 4.79 Å². The van der Waals surface area contributed by atoms with E-state index < -0.39 is 0 Å². The highest BCUT2D eigenvalue weighted by molar-refractivity contribution is 9.08. The first-order chi connectivity index (χ1) is 8.19. The standard InChI is InChI=1S/C13H9BrO3/c1-7-6-16-12-4-11-8(3-10(7)12)2-9(5-14)13(15)17-11/h2-4,6H,5H2,1H3. The summed E-state index contributed by atoms with van der Waals surface area (Å²) in [7, 11) is 0. The molecule has 86 valence electrons. The Balaban J connectivity index is 2.45. The lowest BCUT2D eigenvalue weighted by atomic mass is 10.1. The highest BCUT2D eigenvalue weighted by Gasteiger charge is 2.08. The van der Waals surface area contributed by atoms with E-state index in [2.05, 4.69) is 15.9 Å². The minimum absolute atomic E-state index is 0.308. The van der Waals surface area contributed by atoms with Crippen molar-refractivity contribution in [3.63, 3.8) is 0 Å². The lowest BCUT2D eigenvalue weighted by Gasteiger charge is -1.99. The lowest BCUT2D eigenvalue weighted by Crippen LogP contribution is -2.04. The molecule has 0 aliphatic carbocycles. The maximum Gasteiger partial charge on any atom is 0.340 e. The Labute approximate surface area is 105 Å². The molecule has 0 unspecified atom stereocenters. The average Bonchev–Trinajstić information content (AvgIpc) is 2.67. The second-order valence-electron chi connectivity index (χ2n) is 4.00. The first-order valence-electron chi connectivity index (χ1n) is 5.19. The van der Waals surface area contributed by atoms with Crippen LogP contribution in [-0.4, -0.2) is 0 Å². The van der Waals surface area contributed by atoms with Crippen LogP contribution in [0.15, 0.2) is 38.1 Å². The van der Waals surface area contributed by atoms with Gasteiger partial charge >= 0.3 is 5.63 Å². The van der Waals surface area contributed by atoms with Crippen molar-refractivity contribution in [2.24, 2.45) is 0 Å². The molecule has 0 aliphatic rings. The Morgan fingerprint density at radius 1 is 1.24 bits per heavy atom. The first-order valence-corrected chi connectivity index (χ1v) is 6.32. The van der Waals surface area contributed by atoms with E-state index in [0.717, 1.165) is 21.9 Å². The minimum Gasteiger partial charge on any atom is -0.464 e. The van der Waals surface area contributed by atoms with Crippen LogP contribution in [0.4, 0.5) is 0 Å². The Bertz CT molecular complexity index is 767. The van der Waals surface area contributed by atoms with E-state index in [1.807, 2.05) is 19.1 Å². The molecule has 17 heavy (non-hydrogen) atoms. The largest absolute Gasteiger partial charge is 0.464 e. The van der Waals surface area contributed by atoms with Crippen molar-refractivity contribution in [2.75, 3.05) is 0 Å². The molecule has 0 spiro atoms. The zero-order valence-electron chi connectivity index (χ0n) is 9.12. The van der Waals surface area contributed by atoms with Gasteiger partial charge in [0.05, 0.1) is 6.26 Å². The van der Waals surface area contributed by atoms with Crippen LogP contribution in [-0.2, 0) is 5.33 Å². The summed E-state index contributed by atoms with van der Waals surface area (Å²) in [6.07, 6.45) is 1.70. The van der Waals surface area contributed by atoms with Gasteiger partial charge in [0.1, 0.15) is 11.2 Å². The number of fused-ring (bicyclic) bond motifs is 2. The van der Waals surface area contributed by atoms with Crippen LogP contribution in [0, 0.1) is 6.92 Å². The Morgan fingerprint density at radius 2 is 2.06 bits per heavy atom. The van der Waals surface area contributed by atoms with Gasteiger partial charge in [-0.15, -0.1) is 0 Å². The zero-order chi connectivity index (χ0) is 12.0. The molecule has 0 atom stereocenters. The van der Waals surface area contributed by atoms with Gasteiger partial charge in [-0.05, 0) is 24.6 Å². The van der Waals surface area contributed by atoms with Crippen LogP contribution in [0.1, 0.15) is 11.1 Å². The smallest absolute Gasteiger partial charge is 0.340 e. The number of alkyl halides is 1. The summed E-state index contributed by atoms with van der Waals surface area (Å²) in [6.45, 7) is 1.99. The fraction of sp³-hybridized carbons (Fsp3) is 0.154. The number of rotatable bonds is 1. The maximum atomic E-state index is 11.6. The van der Waals surface area contributed by atoms with Gasteiger partial charge in [-0.2, -0.15) is 0 Å². The van der Waals surface area contributed by atoms with Crippen molar-refractivity contribution in [3.8, 4) is 0 Å². The third kappa shape index (κ3) is 1.60. The molecule has 0 amide bonds. The molecule has 3 rings (SSSR count). The average molecular weight is 293 g/mol. The molecular formula is C13H9BrO3. The fourth-order valence-electron chi connectivity index (χ4n) is 1.91. The second kappa shape index (κ2) is 3.74. The summed E-state index contributed by atoms with van der Waals surface area (Å²) in [5, 5.41) is 2.45. The molecule has 0 fully saturated rings. The van der Waals surface area contributed by atoms with Crippen molar-refractivity contribution >= 4 is 37.9 Å². The van der Waals surface area contributed by atoms with E-state index in [4.69, 9.17) is 8.83 Å². The normalized spacial score (nSPS) is 11.4. The maximum absolute atomic E-state index is 11.6. The van der Waals surface area contributed by atoms with Crippen molar-refractivity contribution in [3.05, 3.63) is 46.0 Å². The SMILES string of the molecule is Cc1coc2cc3oc(=O)c(CBr)cc3cc12. The van der Waals surface area contributed by atoms with Crippen molar-refractivity contribution in [1.82, 2.24) is 0 Å². The van der Waals surface area contributed by atoms with E-state index in [0.29, 0.717) is 16.5 Å². The van der Waals surface area contributed by atoms with Crippen LogP contribution in [0.3, 0.4) is 0 Å². The van der Waals surface area contributed by atoms with Crippen molar-refractivity contribution < 1.29 is 8.83 Å². The number of hydrogen-bond acceptors (Lipinski definition) is 3. The molecule has 0 radical (unpaired) electrons. The van der Waals surface area contributed by atoms with Gasteiger partial charge in [-0.3, -0.25) is 0 Å². The topological polar surface area (TPSA) is 43.4 Å². The first kappa shape index (κ1) is 10.6. The lowest BCUT2D eigenvalue weighted by molar-refractivity contribution is 0.553. The van der Waals surface area contributed by atoms with Crippen LogP contribution in [0.5, 0.6) is 0 Å². The summed E-state index contributed by atoms with van der Waals surface area (Å²) in [5.74, 6) is 0. The van der Waals surface area contributed by atoms with E-state index >= 15 is 0 Å². The monoisotopic (exact) mass is 292 g/mol. The van der Waals surface area contributed by atoms with Gasteiger partial charge in [0.25, 0.3) is 0 Å². The molecule has 0 N–H and O–H groups in total. The summed E-state index contributed by atoms with van der Waals surface area (Å²) in [5.41, 5.74) is 2.69. The Morgan fingerprint density at radius 3 is 2.82 bits per heavy atom. The number of benzene rings is 1. The highest BCUT2D eigenvalue weighted by Crippen LogP contribution is 2.26. The summed E-state index contributed by atoms with van der Waals surface area (Å²) in [4.78, 5) is 11.6. The number of hydrogen-bond donors (Lipinski definition) is 0. The predicted octanol–water partition coefficient (Wildman–Crippen LogP) is 3.74. The van der Waals surface area contributed by atoms with Crippen LogP contribution in [0.25, 0.3) is 21.9 Å². The van der Waals surface area contributed by atoms with Gasteiger partial charge < -0.3 is 8.83 Å². The molecule has 2 heterocycles. The Kier molecular flexibility index (Phi) is 2.33. The summed E-state index contributed by atoms with van der Waals surface area (Å²) in [6, 6.07) is 5.59. The van der Waals surface area contributed by atoms with Gasteiger partial charge in [0.15, 0.2) is 0 Å². The van der Waals surface area contributed by atoms with E-state index in [1.54, 1.807) is 12.3 Å². The van der Waals surface area contributed by atoms with Gasteiger partial charge in [-0.1, -0.05) is 15.9 Å². The third-order valence-corrected chi connectivity index (χ3v) is 3.44. The van der Waals surface area contributed by atoms with Crippen LogP contribution in [0.2, 0.25) is 0 Å². The molecule has 3 nitrogen and oxygen atoms in total. The molecule has 0 bridgehead atoms. The zero-order valence-corrected chi connectivity index (χ0v) is 10.7. The molecule has 1 aromatic carbocycles.